The van der Waals surface area contributed by atoms with Gasteiger partial charge in [-0.05, 0) is 37.5 Å². The first kappa shape index (κ1) is 12.9. The third-order valence-electron chi connectivity index (χ3n) is 3.11. The lowest BCUT2D eigenvalue weighted by Crippen LogP contribution is -2.02. The summed E-state index contributed by atoms with van der Waals surface area (Å²) in [5, 5.41) is 0. The molecule has 1 aromatic carbocycles. The minimum atomic E-state index is 0.805. The smallest absolute Gasteiger partial charge is 0.0482 e. The van der Waals surface area contributed by atoms with Gasteiger partial charge in [0.1, 0.15) is 0 Å². The lowest BCUT2D eigenvalue weighted by molar-refractivity contribution is 0.141. The number of aromatic nitrogens is 1. The number of aryl methyl sites for hydroxylation is 2. The van der Waals surface area contributed by atoms with Gasteiger partial charge in [0.25, 0.3) is 0 Å². The molecule has 0 aliphatic carbocycles. The van der Waals surface area contributed by atoms with Gasteiger partial charge in [-0.1, -0.05) is 30.3 Å². The highest BCUT2D eigenvalue weighted by Gasteiger charge is 2.03. The van der Waals surface area contributed by atoms with Gasteiger partial charge in [-0.2, -0.15) is 0 Å². The molecule has 0 fully saturated rings. The van der Waals surface area contributed by atoms with Gasteiger partial charge >= 0.3 is 0 Å². The highest BCUT2D eigenvalue weighted by atomic mass is 16.5. The Morgan fingerprint density at radius 1 is 1.11 bits per heavy atom. The van der Waals surface area contributed by atoms with Crippen LogP contribution in [0.5, 0.6) is 0 Å². The highest BCUT2D eigenvalue weighted by Crippen LogP contribution is 2.21. The Kier molecular flexibility index (Phi) is 4.59. The fraction of sp³-hybridized carbons (Fsp3) is 0.375. The first-order valence-corrected chi connectivity index (χ1v) is 6.61. The molecule has 0 unspecified atom stereocenters. The minimum absolute atomic E-state index is 0.805. The zero-order chi connectivity index (χ0) is 12.8. The van der Waals surface area contributed by atoms with E-state index in [4.69, 9.17) is 4.74 Å². The summed E-state index contributed by atoms with van der Waals surface area (Å²) < 4.78 is 7.68. The van der Waals surface area contributed by atoms with E-state index in [0.717, 1.165) is 26.2 Å². The first-order valence-electron chi connectivity index (χ1n) is 6.61. The van der Waals surface area contributed by atoms with Crippen LogP contribution in [-0.2, 0) is 11.3 Å². The molecule has 1 aromatic heterocycles. The molecule has 0 N–H and O–H groups in total. The molecule has 0 spiro atoms. The molecule has 0 amide bonds. The zero-order valence-corrected chi connectivity index (χ0v) is 11.2. The number of hydrogen-bond donors (Lipinski definition) is 0. The summed E-state index contributed by atoms with van der Waals surface area (Å²) in [7, 11) is 0. The van der Waals surface area contributed by atoms with Crippen LogP contribution in [0.1, 0.15) is 19.0 Å². The summed E-state index contributed by atoms with van der Waals surface area (Å²) in [5.41, 5.74) is 3.89. The van der Waals surface area contributed by atoms with Crippen LogP contribution in [0.2, 0.25) is 0 Å². The standard InChI is InChI=1S/C16H21NO/c1-3-18-11-7-10-17-13-16(12-14(17)2)15-8-5-4-6-9-15/h4-6,8-9,12-13H,3,7,10-11H2,1-2H3. The number of nitrogens with zero attached hydrogens (tertiary/aromatic N) is 1. The Labute approximate surface area is 109 Å². The summed E-state index contributed by atoms with van der Waals surface area (Å²) in [6.45, 7) is 6.87. The Bertz CT molecular complexity index is 473. The van der Waals surface area contributed by atoms with E-state index >= 15 is 0 Å². The zero-order valence-electron chi connectivity index (χ0n) is 11.2. The Morgan fingerprint density at radius 3 is 2.61 bits per heavy atom. The normalized spacial score (nSPS) is 10.8. The molecule has 2 heteroatoms. The predicted octanol–water partition coefficient (Wildman–Crippen LogP) is 3.89. The summed E-state index contributed by atoms with van der Waals surface area (Å²) in [6.07, 6.45) is 3.30. The molecule has 96 valence electrons. The van der Waals surface area contributed by atoms with E-state index < -0.39 is 0 Å². The average molecular weight is 243 g/mol. The van der Waals surface area contributed by atoms with E-state index in [9.17, 15) is 0 Å². The largest absolute Gasteiger partial charge is 0.382 e. The second-order valence-electron chi connectivity index (χ2n) is 4.48. The van der Waals surface area contributed by atoms with Gasteiger partial charge in [0.15, 0.2) is 0 Å². The van der Waals surface area contributed by atoms with Crippen LogP contribution >= 0.6 is 0 Å². The second-order valence-corrected chi connectivity index (χ2v) is 4.48. The van der Waals surface area contributed by atoms with Crippen molar-refractivity contribution in [3.8, 4) is 11.1 Å². The second kappa shape index (κ2) is 6.41. The Morgan fingerprint density at radius 2 is 1.89 bits per heavy atom. The van der Waals surface area contributed by atoms with Gasteiger partial charge in [-0.3, -0.25) is 0 Å². The first-order chi connectivity index (χ1) is 8.81. The molecular weight excluding hydrogens is 222 g/mol. The van der Waals surface area contributed by atoms with Crippen molar-refractivity contribution in [3.63, 3.8) is 0 Å². The van der Waals surface area contributed by atoms with E-state index in [1.165, 1.54) is 16.8 Å². The fourth-order valence-corrected chi connectivity index (χ4v) is 2.13. The van der Waals surface area contributed by atoms with Crippen LogP contribution in [0.25, 0.3) is 11.1 Å². The maximum atomic E-state index is 5.37. The van der Waals surface area contributed by atoms with Crippen molar-refractivity contribution in [1.82, 2.24) is 4.57 Å². The van der Waals surface area contributed by atoms with Crippen LogP contribution in [0.15, 0.2) is 42.6 Å². The van der Waals surface area contributed by atoms with E-state index in [1.807, 2.05) is 6.92 Å². The average Bonchev–Trinajstić information content (AvgIpc) is 2.77. The minimum Gasteiger partial charge on any atom is -0.382 e. The summed E-state index contributed by atoms with van der Waals surface area (Å²) >= 11 is 0. The van der Waals surface area contributed by atoms with Crippen molar-refractivity contribution in [2.24, 2.45) is 0 Å². The van der Waals surface area contributed by atoms with E-state index in [2.05, 4.69) is 54.1 Å². The molecule has 2 rings (SSSR count). The van der Waals surface area contributed by atoms with Crippen LogP contribution in [0, 0.1) is 6.92 Å². The summed E-state index contributed by atoms with van der Waals surface area (Å²) in [4.78, 5) is 0. The molecule has 0 saturated carbocycles. The number of benzene rings is 1. The van der Waals surface area contributed by atoms with Crippen LogP contribution in [0.3, 0.4) is 0 Å². The van der Waals surface area contributed by atoms with E-state index in [1.54, 1.807) is 0 Å². The number of ether oxygens (including phenoxy) is 1. The molecular formula is C16H21NO. The van der Waals surface area contributed by atoms with Crippen LogP contribution < -0.4 is 0 Å². The molecule has 2 nitrogen and oxygen atoms in total. The van der Waals surface area contributed by atoms with Crippen LogP contribution in [0.4, 0.5) is 0 Å². The molecule has 0 bridgehead atoms. The van der Waals surface area contributed by atoms with Crippen molar-refractivity contribution < 1.29 is 4.74 Å². The van der Waals surface area contributed by atoms with E-state index in [0.29, 0.717) is 0 Å². The van der Waals surface area contributed by atoms with Crippen molar-refractivity contribution in [1.29, 1.82) is 0 Å². The maximum absolute atomic E-state index is 5.37. The van der Waals surface area contributed by atoms with Gasteiger partial charge < -0.3 is 9.30 Å². The molecule has 2 aromatic rings. The maximum Gasteiger partial charge on any atom is 0.0482 e. The Hall–Kier alpha value is -1.54. The van der Waals surface area contributed by atoms with Gasteiger partial charge in [0, 0.05) is 31.6 Å². The number of hydrogen-bond acceptors (Lipinski definition) is 1. The van der Waals surface area contributed by atoms with Crippen molar-refractivity contribution in [2.75, 3.05) is 13.2 Å². The topological polar surface area (TPSA) is 14.2 Å². The van der Waals surface area contributed by atoms with Crippen molar-refractivity contribution >= 4 is 0 Å². The number of rotatable bonds is 6. The fourth-order valence-electron chi connectivity index (χ4n) is 2.13. The molecule has 0 aliphatic rings. The summed E-state index contributed by atoms with van der Waals surface area (Å²) in [5.74, 6) is 0. The van der Waals surface area contributed by atoms with E-state index in [-0.39, 0.29) is 0 Å². The van der Waals surface area contributed by atoms with Crippen molar-refractivity contribution in [2.45, 2.75) is 26.8 Å². The Balaban J connectivity index is 2.03. The van der Waals surface area contributed by atoms with Gasteiger partial charge in [0.2, 0.25) is 0 Å². The van der Waals surface area contributed by atoms with Crippen LogP contribution in [-0.4, -0.2) is 17.8 Å². The lowest BCUT2D eigenvalue weighted by atomic mass is 10.1. The molecule has 0 aliphatic heterocycles. The van der Waals surface area contributed by atoms with Gasteiger partial charge in [0.05, 0.1) is 0 Å². The van der Waals surface area contributed by atoms with Gasteiger partial charge in [-0.15, -0.1) is 0 Å². The highest BCUT2D eigenvalue weighted by molar-refractivity contribution is 5.63. The molecule has 18 heavy (non-hydrogen) atoms. The lowest BCUT2D eigenvalue weighted by Gasteiger charge is -2.05. The summed E-state index contributed by atoms with van der Waals surface area (Å²) in [6, 6.07) is 12.8. The third kappa shape index (κ3) is 3.23. The predicted molar refractivity (Wildman–Crippen MR) is 75.7 cm³/mol. The quantitative estimate of drug-likeness (QED) is 0.702. The molecule has 1 heterocycles. The monoisotopic (exact) mass is 243 g/mol. The molecule has 0 atom stereocenters. The third-order valence-corrected chi connectivity index (χ3v) is 3.11. The SMILES string of the molecule is CCOCCCn1cc(-c2ccccc2)cc1C. The molecule has 0 radical (unpaired) electrons. The molecule has 0 saturated heterocycles. The van der Waals surface area contributed by atoms with Gasteiger partial charge in [-0.25, -0.2) is 0 Å². The van der Waals surface area contributed by atoms with Crippen molar-refractivity contribution in [3.05, 3.63) is 48.3 Å².